The largest absolute Gasteiger partial charge is 0.492 e. The molecule has 0 bridgehead atoms. The normalized spacial score (nSPS) is 10.5. The number of carbonyl (C=O) groups excluding carboxylic acids is 1. The molecule has 35 heavy (non-hydrogen) atoms. The number of hydrogen-bond acceptors (Lipinski definition) is 6. The van der Waals surface area contributed by atoms with E-state index in [1.54, 1.807) is 36.4 Å². The van der Waals surface area contributed by atoms with Crippen molar-refractivity contribution < 1.29 is 19.0 Å². The standard InChI is InChI=1S/C26H25Cl2N3O4/c1-17-10-20(33-9-8-31(2)3)5-7-24(17)30-26(32)16-34-21-4-6-23(28)25(14-21)35-22-12-18(15-29)11-19(27)13-22/h4-7,10-14H,8-9,16H2,1-3H3,(H,30,32). The maximum Gasteiger partial charge on any atom is 0.262 e. The van der Waals surface area contributed by atoms with Crippen LogP contribution in [0.2, 0.25) is 10.0 Å². The summed E-state index contributed by atoms with van der Waals surface area (Å²) in [6.07, 6.45) is 0. The van der Waals surface area contributed by atoms with E-state index in [2.05, 4.69) is 5.32 Å². The van der Waals surface area contributed by atoms with Gasteiger partial charge in [-0.3, -0.25) is 4.79 Å². The summed E-state index contributed by atoms with van der Waals surface area (Å²) in [5, 5.41) is 12.6. The number of rotatable bonds is 10. The van der Waals surface area contributed by atoms with E-state index < -0.39 is 0 Å². The Morgan fingerprint density at radius 2 is 1.74 bits per heavy atom. The summed E-state index contributed by atoms with van der Waals surface area (Å²) in [4.78, 5) is 14.5. The van der Waals surface area contributed by atoms with Crippen molar-refractivity contribution in [1.82, 2.24) is 4.90 Å². The van der Waals surface area contributed by atoms with Gasteiger partial charge < -0.3 is 24.4 Å². The Kier molecular flexibility index (Phi) is 9.21. The Morgan fingerprint density at radius 3 is 2.46 bits per heavy atom. The van der Waals surface area contributed by atoms with Crippen molar-refractivity contribution in [3.63, 3.8) is 0 Å². The molecule has 0 aliphatic heterocycles. The van der Waals surface area contributed by atoms with E-state index in [0.29, 0.717) is 45.2 Å². The average molecular weight is 514 g/mol. The van der Waals surface area contributed by atoms with Gasteiger partial charge in [0.05, 0.1) is 16.7 Å². The van der Waals surface area contributed by atoms with Crippen molar-refractivity contribution in [1.29, 1.82) is 5.26 Å². The molecule has 1 amide bonds. The highest BCUT2D eigenvalue weighted by Crippen LogP contribution is 2.34. The van der Waals surface area contributed by atoms with E-state index in [-0.39, 0.29) is 12.5 Å². The van der Waals surface area contributed by atoms with Gasteiger partial charge in [-0.2, -0.15) is 5.26 Å². The summed E-state index contributed by atoms with van der Waals surface area (Å²) in [6, 6.07) is 16.9. The Morgan fingerprint density at radius 1 is 1.00 bits per heavy atom. The molecule has 182 valence electrons. The zero-order valence-electron chi connectivity index (χ0n) is 19.6. The predicted octanol–water partition coefficient (Wildman–Crippen LogP) is 5.92. The summed E-state index contributed by atoms with van der Waals surface area (Å²) in [7, 11) is 3.97. The first-order valence-electron chi connectivity index (χ1n) is 10.7. The highest BCUT2D eigenvalue weighted by Gasteiger charge is 2.11. The summed E-state index contributed by atoms with van der Waals surface area (Å²) >= 11 is 12.3. The van der Waals surface area contributed by atoms with Crippen LogP contribution in [0.1, 0.15) is 11.1 Å². The van der Waals surface area contributed by atoms with Crippen LogP contribution in [0.15, 0.2) is 54.6 Å². The van der Waals surface area contributed by atoms with Crippen LogP contribution in [-0.4, -0.2) is 44.7 Å². The van der Waals surface area contributed by atoms with Crippen molar-refractivity contribution in [2.45, 2.75) is 6.92 Å². The first-order valence-corrected chi connectivity index (χ1v) is 11.5. The number of aryl methyl sites for hydroxylation is 1. The Bertz CT molecular complexity index is 1240. The lowest BCUT2D eigenvalue weighted by molar-refractivity contribution is -0.118. The minimum Gasteiger partial charge on any atom is -0.492 e. The Labute approximate surface area is 214 Å². The zero-order valence-corrected chi connectivity index (χ0v) is 21.1. The number of nitriles is 1. The highest BCUT2D eigenvalue weighted by molar-refractivity contribution is 6.32. The van der Waals surface area contributed by atoms with Crippen LogP contribution in [0.5, 0.6) is 23.0 Å². The van der Waals surface area contributed by atoms with Gasteiger partial charge in [0.1, 0.15) is 29.6 Å². The second-order valence-corrected chi connectivity index (χ2v) is 8.79. The minimum absolute atomic E-state index is 0.211. The van der Waals surface area contributed by atoms with Crippen LogP contribution >= 0.6 is 23.2 Å². The third kappa shape index (κ3) is 8.08. The van der Waals surface area contributed by atoms with Gasteiger partial charge in [0.25, 0.3) is 5.91 Å². The molecule has 1 N–H and O–H groups in total. The molecule has 3 aromatic rings. The van der Waals surface area contributed by atoms with Gasteiger partial charge in [0.2, 0.25) is 0 Å². The lowest BCUT2D eigenvalue weighted by Crippen LogP contribution is -2.21. The number of likely N-dealkylation sites (N-methyl/N-ethyl adjacent to an activating group) is 1. The molecule has 9 heteroatoms. The van der Waals surface area contributed by atoms with Crippen LogP contribution in [0.4, 0.5) is 5.69 Å². The van der Waals surface area contributed by atoms with Gasteiger partial charge in [-0.05, 0) is 75.1 Å². The number of halogens is 2. The monoisotopic (exact) mass is 513 g/mol. The number of amides is 1. The third-order valence-corrected chi connectivity index (χ3v) is 5.31. The number of carbonyl (C=O) groups is 1. The van der Waals surface area contributed by atoms with Gasteiger partial charge in [-0.25, -0.2) is 0 Å². The smallest absolute Gasteiger partial charge is 0.262 e. The molecular weight excluding hydrogens is 489 g/mol. The number of anilines is 1. The molecule has 0 saturated carbocycles. The summed E-state index contributed by atoms with van der Waals surface area (Å²) in [6.45, 7) is 3.07. The molecule has 0 aromatic heterocycles. The Hall–Kier alpha value is -3.44. The fourth-order valence-corrected chi connectivity index (χ4v) is 3.39. The van der Waals surface area contributed by atoms with Gasteiger partial charge in [-0.1, -0.05) is 23.2 Å². The first-order chi connectivity index (χ1) is 16.7. The minimum atomic E-state index is -0.319. The third-order valence-electron chi connectivity index (χ3n) is 4.78. The fraction of sp³-hybridized carbons (Fsp3) is 0.231. The van der Waals surface area contributed by atoms with Crippen LogP contribution < -0.4 is 19.5 Å². The van der Waals surface area contributed by atoms with Crippen molar-refractivity contribution in [2.75, 3.05) is 39.2 Å². The molecule has 3 aromatic carbocycles. The SMILES string of the molecule is Cc1cc(OCCN(C)C)ccc1NC(=O)COc1ccc(Cl)c(Oc2cc(Cl)cc(C#N)c2)c1. The molecule has 0 saturated heterocycles. The molecule has 0 heterocycles. The Balaban J connectivity index is 1.58. The fourth-order valence-electron chi connectivity index (χ4n) is 3.01. The first kappa shape index (κ1) is 26.2. The molecule has 0 aliphatic rings. The second-order valence-electron chi connectivity index (χ2n) is 7.95. The molecule has 0 aliphatic carbocycles. The number of ether oxygens (including phenoxy) is 3. The number of benzene rings is 3. The van der Waals surface area contributed by atoms with E-state index in [1.807, 2.05) is 44.1 Å². The molecule has 7 nitrogen and oxygen atoms in total. The lowest BCUT2D eigenvalue weighted by Gasteiger charge is -2.14. The van der Waals surface area contributed by atoms with E-state index in [9.17, 15) is 4.79 Å². The average Bonchev–Trinajstić information content (AvgIpc) is 2.80. The van der Waals surface area contributed by atoms with Crippen LogP contribution in [0, 0.1) is 18.3 Å². The lowest BCUT2D eigenvalue weighted by atomic mass is 10.2. The van der Waals surface area contributed by atoms with Crippen LogP contribution in [0.3, 0.4) is 0 Å². The van der Waals surface area contributed by atoms with E-state index in [4.69, 9.17) is 42.7 Å². The molecule has 0 fully saturated rings. The molecule has 0 atom stereocenters. The van der Waals surface area contributed by atoms with Gasteiger partial charge in [0, 0.05) is 23.3 Å². The van der Waals surface area contributed by atoms with Crippen molar-refractivity contribution in [2.24, 2.45) is 0 Å². The number of hydrogen-bond donors (Lipinski definition) is 1. The maximum atomic E-state index is 12.4. The summed E-state index contributed by atoms with van der Waals surface area (Å²) in [5.74, 6) is 1.48. The van der Waals surface area contributed by atoms with Crippen LogP contribution in [-0.2, 0) is 4.79 Å². The molecule has 3 rings (SSSR count). The molecule has 0 radical (unpaired) electrons. The van der Waals surface area contributed by atoms with E-state index in [0.717, 1.165) is 17.9 Å². The number of nitrogens with zero attached hydrogens (tertiary/aromatic N) is 2. The summed E-state index contributed by atoms with van der Waals surface area (Å²) in [5.41, 5.74) is 1.91. The van der Waals surface area contributed by atoms with E-state index in [1.165, 1.54) is 6.07 Å². The molecule has 0 spiro atoms. The van der Waals surface area contributed by atoms with Crippen molar-refractivity contribution >= 4 is 34.8 Å². The van der Waals surface area contributed by atoms with E-state index >= 15 is 0 Å². The van der Waals surface area contributed by atoms with Crippen molar-refractivity contribution in [3.8, 4) is 29.1 Å². The maximum absolute atomic E-state index is 12.4. The van der Waals surface area contributed by atoms with Gasteiger partial charge in [0.15, 0.2) is 6.61 Å². The topological polar surface area (TPSA) is 83.8 Å². The predicted molar refractivity (Wildman–Crippen MR) is 137 cm³/mol. The molecular formula is C26H25Cl2N3O4. The van der Waals surface area contributed by atoms with Gasteiger partial charge >= 0.3 is 0 Å². The van der Waals surface area contributed by atoms with Gasteiger partial charge in [-0.15, -0.1) is 0 Å². The zero-order chi connectivity index (χ0) is 25.4. The van der Waals surface area contributed by atoms with Crippen molar-refractivity contribution in [3.05, 3.63) is 75.8 Å². The highest BCUT2D eigenvalue weighted by atomic mass is 35.5. The van der Waals surface area contributed by atoms with Crippen LogP contribution in [0.25, 0.3) is 0 Å². The quantitative estimate of drug-likeness (QED) is 0.362. The second kappa shape index (κ2) is 12.3. The number of nitrogens with one attached hydrogen (secondary N) is 1. The summed E-state index contributed by atoms with van der Waals surface area (Å²) < 4.78 is 17.1. The molecule has 0 unspecified atom stereocenters.